The van der Waals surface area contributed by atoms with E-state index >= 15 is 0 Å². The largest absolute Gasteiger partial charge is 0.515 e. The molecule has 0 aliphatic rings. The first-order valence-corrected chi connectivity index (χ1v) is 8.04. The molecule has 0 aromatic carbocycles. The summed E-state index contributed by atoms with van der Waals surface area (Å²) in [5, 5.41) is 7.43. The molecule has 0 atom stereocenters. The van der Waals surface area contributed by atoms with Gasteiger partial charge in [-0.25, -0.2) is 14.6 Å². The van der Waals surface area contributed by atoms with Crippen molar-refractivity contribution in [1.82, 2.24) is 20.2 Å². The molecule has 2 heterocycles. The second-order valence-electron chi connectivity index (χ2n) is 5.04. The van der Waals surface area contributed by atoms with Crippen LogP contribution in [0.1, 0.15) is 39.5 Å². The second kappa shape index (κ2) is 9.40. The van der Waals surface area contributed by atoms with Crippen molar-refractivity contribution in [3.63, 3.8) is 0 Å². The topological polar surface area (TPSA) is 126 Å². The molecule has 0 aliphatic heterocycles. The number of aromatic nitrogens is 4. The molecule has 2 aromatic rings. The predicted octanol–water partition coefficient (Wildman–Crippen LogP) is 2.98. The van der Waals surface area contributed by atoms with E-state index in [0.29, 0.717) is 0 Å². The third kappa shape index (κ3) is 5.30. The molecule has 10 nitrogen and oxygen atoms in total. The van der Waals surface area contributed by atoms with Crippen molar-refractivity contribution in [3.05, 3.63) is 6.33 Å². The number of hydrogen-bond acceptors (Lipinski definition) is 9. The lowest BCUT2D eigenvalue weighted by atomic mass is 10.4. The zero-order chi connectivity index (χ0) is 18.1. The number of imidazole rings is 1. The fourth-order valence-electron chi connectivity index (χ4n) is 1.76. The number of H-pyrrole nitrogens is 1. The Labute approximate surface area is 143 Å². The summed E-state index contributed by atoms with van der Waals surface area (Å²) in [6.45, 7) is 4.44. The van der Waals surface area contributed by atoms with Gasteiger partial charge in [0, 0.05) is 0 Å². The number of carbonyl (C=O) groups is 2. The van der Waals surface area contributed by atoms with Gasteiger partial charge in [-0.15, -0.1) is 10.2 Å². The number of fused-ring (bicyclic) bond motifs is 1. The van der Waals surface area contributed by atoms with Crippen molar-refractivity contribution in [2.75, 3.05) is 13.2 Å². The zero-order valence-electron chi connectivity index (χ0n) is 14.1. The van der Waals surface area contributed by atoms with Crippen LogP contribution in [-0.4, -0.2) is 45.7 Å². The number of unbranched alkanes of at least 4 members (excludes halogenated alkanes) is 2. The highest BCUT2D eigenvalue weighted by Crippen LogP contribution is 2.26. The number of nitrogens with zero attached hydrogens (tertiary/aromatic N) is 3. The van der Waals surface area contributed by atoms with E-state index in [9.17, 15) is 9.59 Å². The highest BCUT2D eigenvalue weighted by molar-refractivity contribution is 5.86. The van der Waals surface area contributed by atoms with Gasteiger partial charge in [-0.1, -0.05) is 26.7 Å². The molecule has 0 aliphatic carbocycles. The lowest BCUT2D eigenvalue weighted by molar-refractivity contribution is 0.0932. The van der Waals surface area contributed by atoms with Crippen molar-refractivity contribution in [2.45, 2.75) is 39.5 Å². The molecule has 2 rings (SSSR count). The molecular formula is C15H20N4O6. The fraction of sp³-hybridized carbons (Fsp3) is 0.533. The number of hydrogen-bond donors (Lipinski definition) is 1. The Kier molecular flexibility index (Phi) is 6.93. The van der Waals surface area contributed by atoms with Gasteiger partial charge < -0.3 is 23.9 Å². The van der Waals surface area contributed by atoms with Gasteiger partial charge in [-0.05, 0) is 12.8 Å². The highest BCUT2D eigenvalue weighted by Gasteiger charge is 2.19. The summed E-state index contributed by atoms with van der Waals surface area (Å²) in [5.41, 5.74) is 0.428. The molecule has 0 saturated heterocycles. The van der Waals surface area contributed by atoms with Crippen molar-refractivity contribution >= 4 is 23.3 Å². The Balaban J connectivity index is 2.04. The van der Waals surface area contributed by atoms with E-state index in [2.05, 4.69) is 20.2 Å². The van der Waals surface area contributed by atoms with E-state index in [1.807, 2.05) is 13.8 Å². The smallest absolute Gasteiger partial charge is 0.434 e. The van der Waals surface area contributed by atoms with Crippen LogP contribution in [0.25, 0.3) is 11.0 Å². The molecule has 1 N–H and O–H groups in total. The summed E-state index contributed by atoms with van der Waals surface area (Å²) in [6.07, 6.45) is 2.76. The van der Waals surface area contributed by atoms with E-state index in [0.717, 1.165) is 25.7 Å². The molecule has 25 heavy (non-hydrogen) atoms. The lowest BCUT2D eigenvalue weighted by Crippen LogP contribution is -2.15. The zero-order valence-corrected chi connectivity index (χ0v) is 14.1. The number of carbonyl (C=O) groups excluding carboxylic acids is 2. The SMILES string of the molecule is CCCCOC(=O)Oc1nnc(OC(=O)OCCCC)c2[nH]cnc12. The molecule has 0 radical (unpaired) electrons. The number of ether oxygens (including phenoxy) is 4. The molecule has 0 bridgehead atoms. The van der Waals surface area contributed by atoms with Gasteiger partial charge in [0.1, 0.15) is 5.52 Å². The summed E-state index contributed by atoms with van der Waals surface area (Å²) >= 11 is 0. The molecule has 0 amide bonds. The van der Waals surface area contributed by atoms with E-state index in [4.69, 9.17) is 18.9 Å². The summed E-state index contributed by atoms with van der Waals surface area (Å²) < 4.78 is 19.8. The third-order valence-electron chi connectivity index (χ3n) is 3.08. The molecular weight excluding hydrogens is 332 g/mol. The third-order valence-corrected chi connectivity index (χ3v) is 3.08. The van der Waals surface area contributed by atoms with Crippen molar-refractivity contribution in [2.24, 2.45) is 0 Å². The first kappa shape index (κ1) is 18.4. The van der Waals surface area contributed by atoms with Crippen LogP contribution in [-0.2, 0) is 9.47 Å². The van der Waals surface area contributed by atoms with Crippen LogP contribution in [0.4, 0.5) is 9.59 Å². The maximum atomic E-state index is 11.6. The molecule has 0 saturated carbocycles. The maximum Gasteiger partial charge on any atom is 0.515 e. The van der Waals surface area contributed by atoms with Gasteiger partial charge in [0.05, 0.1) is 19.5 Å². The summed E-state index contributed by atoms with van der Waals surface area (Å²) in [6, 6.07) is 0. The molecule has 2 aromatic heterocycles. The first-order chi connectivity index (χ1) is 12.2. The van der Waals surface area contributed by atoms with Crippen molar-refractivity contribution in [1.29, 1.82) is 0 Å². The second-order valence-corrected chi connectivity index (χ2v) is 5.04. The monoisotopic (exact) mass is 352 g/mol. The lowest BCUT2D eigenvalue weighted by Gasteiger charge is -2.07. The predicted molar refractivity (Wildman–Crippen MR) is 85.5 cm³/mol. The average molecular weight is 352 g/mol. The van der Waals surface area contributed by atoms with E-state index < -0.39 is 12.3 Å². The van der Waals surface area contributed by atoms with Gasteiger partial charge in [0.2, 0.25) is 0 Å². The van der Waals surface area contributed by atoms with Crippen LogP contribution in [0.5, 0.6) is 11.8 Å². The van der Waals surface area contributed by atoms with Crippen LogP contribution >= 0.6 is 0 Å². The number of rotatable bonds is 8. The van der Waals surface area contributed by atoms with Gasteiger partial charge in [-0.2, -0.15) is 0 Å². The van der Waals surface area contributed by atoms with Crippen LogP contribution in [0.2, 0.25) is 0 Å². The van der Waals surface area contributed by atoms with Crippen LogP contribution < -0.4 is 9.47 Å². The van der Waals surface area contributed by atoms with Crippen LogP contribution in [0, 0.1) is 0 Å². The Bertz CT molecular complexity index is 659. The summed E-state index contributed by atoms with van der Waals surface area (Å²) in [7, 11) is 0. The van der Waals surface area contributed by atoms with Gasteiger partial charge in [0.15, 0.2) is 5.52 Å². The molecule has 0 fully saturated rings. The minimum atomic E-state index is -0.903. The van der Waals surface area contributed by atoms with E-state index in [1.165, 1.54) is 6.33 Å². The molecule has 136 valence electrons. The Morgan fingerprint density at radius 2 is 1.52 bits per heavy atom. The molecule has 0 unspecified atom stereocenters. The Morgan fingerprint density at radius 1 is 0.960 bits per heavy atom. The van der Waals surface area contributed by atoms with Crippen molar-refractivity contribution < 1.29 is 28.5 Å². The minimum Gasteiger partial charge on any atom is -0.434 e. The first-order valence-electron chi connectivity index (χ1n) is 8.04. The Morgan fingerprint density at radius 3 is 2.12 bits per heavy atom. The highest BCUT2D eigenvalue weighted by atomic mass is 16.7. The van der Waals surface area contributed by atoms with E-state index in [1.54, 1.807) is 0 Å². The fourth-order valence-corrected chi connectivity index (χ4v) is 1.76. The van der Waals surface area contributed by atoms with Crippen LogP contribution in [0.15, 0.2) is 6.33 Å². The average Bonchev–Trinajstić information content (AvgIpc) is 3.08. The van der Waals surface area contributed by atoms with Gasteiger partial charge >= 0.3 is 12.3 Å². The maximum absolute atomic E-state index is 11.6. The standard InChI is InChI=1S/C15H20N4O6/c1-3-5-7-22-14(20)24-12-10-11(17-9-16-10)13(19-18-12)25-15(21)23-8-6-4-2/h9H,3-8H2,1-2H3,(H,16,17). The number of nitrogens with one attached hydrogen (secondary N) is 1. The molecule has 10 heteroatoms. The summed E-state index contributed by atoms with van der Waals surface area (Å²) in [5.74, 6) is -0.273. The number of aromatic amines is 1. The van der Waals surface area contributed by atoms with E-state index in [-0.39, 0.29) is 36.0 Å². The van der Waals surface area contributed by atoms with Gasteiger partial charge in [0.25, 0.3) is 11.8 Å². The van der Waals surface area contributed by atoms with Crippen LogP contribution in [0.3, 0.4) is 0 Å². The van der Waals surface area contributed by atoms with Crippen molar-refractivity contribution in [3.8, 4) is 11.8 Å². The minimum absolute atomic E-state index is 0.124. The van der Waals surface area contributed by atoms with Gasteiger partial charge in [-0.3, -0.25) is 0 Å². The molecule has 0 spiro atoms. The quantitative estimate of drug-likeness (QED) is 0.563. The normalized spacial score (nSPS) is 10.5. The Hall–Kier alpha value is -2.91. The summed E-state index contributed by atoms with van der Waals surface area (Å²) in [4.78, 5) is 30.0.